The summed E-state index contributed by atoms with van der Waals surface area (Å²) in [5.74, 6) is -1.89. The third kappa shape index (κ3) is 4.53. The summed E-state index contributed by atoms with van der Waals surface area (Å²) >= 11 is 0. The molecule has 1 atom stereocenters. The Morgan fingerprint density at radius 1 is 1.19 bits per heavy atom. The number of nitrogens with zero attached hydrogens (tertiary/aromatic N) is 1. The molecule has 1 N–H and O–H groups in total. The van der Waals surface area contributed by atoms with E-state index in [-0.39, 0.29) is 24.6 Å². The Morgan fingerprint density at radius 2 is 1.81 bits per heavy atom. The number of hydrogen-bond donors (Lipinski definition) is 1. The van der Waals surface area contributed by atoms with Crippen LogP contribution in [0.1, 0.15) is 24.3 Å². The van der Waals surface area contributed by atoms with Crippen LogP contribution in [0.25, 0.3) is 0 Å². The zero-order valence-electron chi connectivity index (χ0n) is 11.6. The maximum Gasteiger partial charge on any atom is 0.303 e. The van der Waals surface area contributed by atoms with E-state index in [2.05, 4.69) is 0 Å². The molecule has 1 fully saturated rings. The van der Waals surface area contributed by atoms with Gasteiger partial charge in [-0.2, -0.15) is 0 Å². The van der Waals surface area contributed by atoms with Crippen molar-refractivity contribution >= 4 is 11.9 Å². The van der Waals surface area contributed by atoms with Gasteiger partial charge in [0.15, 0.2) is 0 Å². The number of ether oxygens (including phenoxy) is 1. The number of benzene rings is 1. The Morgan fingerprint density at radius 3 is 2.38 bits per heavy atom. The van der Waals surface area contributed by atoms with Gasteiger partial charge in [0.25, 0.3) is 0 Å². The topological polar surface area (TPSA) is 66.8 Å². The van der Waals surface area contributed by atoms with Crippen LogP contribution in [0.3, 0.4) is 0 Å². The second kappa shape index (κ2) is 7.17. The molecular formula is C15H18FNO4. The first-order valence-electron chi connectivity index (χ1n) is 6.89. The molecule has 2 rings (SSSR count). The smallest absolute Gasteiger partial charge is 0.303 e. The number of amides is 1. The largest absolute Gasteiger partial charge is 0.481 e. The zero-order valence-corrected chi connectivity index (χ0v) is 11.6. The lowest BCUT2D eigenvalue weighted by molar-refractivity contribution is -0.138. The summed E-state index contributed by atoms with van der Waals surface area (Å²) in [7, 11) is 0. The van der Waals surface area contributed by atoms with Gasteiger partial charge in [-0.25, -0.2) is 4.39 Å². The number of carbonyl (C=O) groups excluding carboxylic acids is 1. The fourth-order valence-corrected chi connectivity index (χ4v) is 2.41. The predicted octanol–water partition coefficient (Wildman–Crippen LogP) is 1.63. The first kappa shape index (κ1) is 15.4. The Kier molecular flexibility index (Phi) is 5.27. The molecule has 1 heterocycles. The number of carboxylic acids is 1. The molecule has 0 radical (unpaired) electrons. The van der Waals surface area contributed by atoms with Gasteiger partial charge in [0.05, 0.1) is 19.6 Å². The molecule has 1 amide bonds. The highest BCUT2D eigenvalue weighted by Crippen LogP contribution is 2.25. The third-order valence-electron chi connectivity index (χ3n) is 3.55. The summed E-state index contributed by atoms with van der Waals surface area (Å²) < 4.78 is 18.1. The van der Waals surface area contributed by atoms with Crippen molar-refractivity contribution in [2.24, 2.45) is 0 Å². The molecule has 6 heteroatoms. The summed E-state index contributed by atoms with van der Waals surface area (Å²) in [4.78, 5) is 24.9. The molecule has 5 nitrogen and oxygen atoms in total. The van der Waals surface area contributed by atoms with E-state index in [1.807, 2.05) is 0 Å². The molecule has 114 valence electrons. The lowest BCUT2D eigenvalue weighted by Crippen LogP contribution is -2.41. The van der Waals surface area contributed by atoms with Crippen molar-refractivity contribution in [2.45, 2.75) is 18.8 Å². The van der Waals surface area contributed by atoms with E-state index < -0.39 is 11.9 Å². The molecular weight excluding hydrogens is 277 g/mol. The van der Waals surface area contributed by atoms with Crippen LogP contribution in [0.2, 0.25) is 0 Å². The highest BCUT2D eigenvalue weighted by molar-refractivity contribution is 5.78. The van der Waals surface area contributed by atoms with Crippen molar-refractivity contribution in [2.75, 3.05) is 26.3 Å². The van der Waals surface area contributed by atoms with Gasteiger partial charge in [0.1, 0.15) is 5.82 Å². The van der Waals surface area contributed by atoms with Crippen LogP contribution in [0.5, 0.6) is 0 Å². The molecule has 1 aliphatic rings. The lowest BCUT2D eigenvalue weighted by atomic mass is 9.92. The number of aliphatic carboxylic acids is 1. The average molecular weight is 295 g/mol. The molecule has 0 unspecified atom stereocenters. The van der Waals surface area contributed by atoms with Crippen molar-refractivity contribution in [1.82, 2.24) is 4.90 Å². The van der Waals surface area contributed by atoms with Crippen molar-refractivity contribution < 1.29 is 23.8 Å². The van der Waals surface area contributed by atoms with Crippen molar-refractivity contribution in [3.8, 4) is 0 Å². The van der Waals surface area contributed by atoms with Crippen molar-refractivity contribution in [1.29, 1.82) is 0 Å². The van der Waals surface area contributed by atoms with Gasteiger partial charge in [0, 0.05) is 25.4 Å². The number of carbonyl (C=O) groups is 2. The summed E-state index contributed by atoms with van der Waals surface area (Å²) in [5, 5.41) is 9.00. The van der Waals surface area contributed by atoms with Gasteiger partial charge >= 0.3 is 5.97 Å². The van der Waals surface area contributed by atoms with E-state index in [4.69, 9.17) is 9.84 Å². The first-order chi connectivity index (χ1) is 10.1. The molecule has 1 aromatic rings. The fourth-order valence-electron chi connectivity index (χ4n) is 2.41. The third-order valence-corrected chi connectivity index (χ3v) is 3.55. The zero-order chi connectivity index (χ0) is 15.2. The molecule has 1 aromatic carbocycles. The van der Waals surface area contributed by atoms with E-state index in [0.29, 0.717) is 31.9 Å². The highest BCUT2D eigenvalue weighted by atomic mass is 19.1. The monoisotopic (exact) mass is 295 g/mol. The van der Waals surface area contributed by atoms with Crippen molar-refractivity contribution in [3.63, 3.8) is 0 Å². The van der Waals surface area contributed by atoms with Crippen LogP contribution in [-0.4, -0.2) is 48.2 Å². The minimum absolute atomic E-state index is 0.0890. The van der Waals surface area contributed by atoms with Gasteiger partial charge in [-0.3, -0.25) is 9.59 Å². The molecule has 0 spiro atoms. The maximum absolute atomic E-state index is 13.0. The average Bonchev–Trinajstić information content (AvgIpc) is 2.48. The van der Waals surface area contributed by atoms with Crippen LogP contribution in [-0.2, 0) is 14.3 Å². The van der Waals surface area contributed by atoms with Crippen LogP contribution < -0.4 is 0 Å². The summed E-state index contributed by atoms with van der Waals surface area (Å²) in [5.41, 5.74) is 0.667. The number of rotatable bonds is 5. The number of halogens is 1. The lowest BCUT2D eigenvalue weighted by Gasteiger charge is -2.28. The Hall–Kier alpha value is -1.95. The molecule has 0 aromatic heterocycles. The van der Waals surface area contributed by atoms with Gasteiger partial charge in [-0.1, -0.05) is 12.1 Å². The van der Waals surface area contributed by atoms with Crippen molar-refractivity contribution in [3.05, 3.63) is 35.6 Å². The quantitative estimate of drug-likeness (QED) is 0.896. The van der Waals surface area contributed by atoms with Crippen LogP contribution in [0, 0.1) is 5.82 Å². The summed E-state index contributed by atoms with van der Waals surface area (Å²) in [6, 6.07) is 5.64. The molecule has 0 aliphatic carbocycles. The van der Waals surface area contributed by atoms with E-state index in [1.165, 1.54) is 24.3 Å². The standard InChI is InChI=1S/C15H18FNO4/c16-13-3-1-11(2-4-13)12(10-15(19)20)9-14(18)17-5-7-21-8-6-17/h1-4,12H,5-10H2,(H,19,20)/t12-/m0/s1. The van der Waals surface area contributed by atoms with E-state index in [1.54, 1.807) is 4.90 Å². The highest BCUT2D eigenvalue weighted by Gasteiger charge is 2.24. The maximum atomic E-state index is 13.0. The van der Waals surface area contributed by atoms with Crippen LogP contribution >= 0.6 is 0 Å². The van der Waals surface area contributed by atoms with E-state index >= 15 is 0 Å². The van der Waals surface area contributed by atoms with E-state index in [0.717, 1.165) is 0 Å². The SMILES string of the molecule is O=C(O)C[C@H](CC(=O)N1CCOCC1)c1ccc(F)cc1. The number of hydrogen-bond acceptors (Lipinski definition) is 3. The predicted molar refractivity (Wildman–Crippen MR) is 73.4 cm³/mol. The Balaban J connectivity index is 2.06. The minimum atomic E-state index is -0.973. The normalized spacial score (nSPS) is 16.5. The number of carboxylic acid groups (broad SMARTS) is 1. The molecule has 21 heavy (non-hydrogen) atoms. The molecule has 0 bridgehead atoms. The Bertz CT molecular complexity index is 497. The fraction of sp³-hybridized carbons (Fsp3) is 0.467. The minimum Gasteiger partial charge on any atom is -0.481 e. The Labute approximate surface area is 122 Å². The summed E-state index contributed by atoms with van der Waals surface area (Å²) in [6.07, 6.45) is -0.0420. The molecule has 1 aliphatic heterocycles. The van der Waals surface area contributed by atoms with Crippen LogP contribution in [0.15, 0.2) is 24.3 Å². The second-order valence-corrected chi connectivity index (χ2v) is 5.04. The second-order valence-electron chi connectivity index (χ2n) is 5.04. The van der Waals surface area contributed by atoms with Gasteiger partial charge in [-0.05, 0) is 17.7 Å². The van der Waals surface area contributed by atoms with E-state index in [9.17, 15) is 14.0 Å². The van der Waals surface area contributed by atoms with Gasteiger partial charge in [0.2, 0.25) is 5.91 Å². The summed E-state index contributed by atoms with van der Waals surface area (Å²) in [6.45, 7) is 2.07. The molecule has 0 saturated carbocycles. The number of morpholine rings is 1. The first-order valence-corrected chi connectivity index (χ1v) is 6.89. The molecule has 1 saturated heterocycles. The van der Waals surface area contributed by atoms with Gasteiger partial charge < -0.3 is 14.7 Å². The van der Waals surface area contributed by atoms with Gasteiger partial charge in [-0.15, -0.1) is 0 Å². The van der Waals surface area contributed by atoms with Crippen LogP contribution in [0.4, 0.5) is 4.39 Å².